The molecule has 17 heavy (non-hydrogen) atoms. The molecule has 4 heteroatoms. The molecular weight excluding hydrogens is 216 g/mol. The normalized spacial score (nSPS) is 20.6. The summed E-state index contributed by atoms with van der Waals surface area (Å²) >= 11 is 0. The van der Waals surface area contributed by atoms with Crippen LogP contribution in [0.2, 0.25) is 0 Å². The predicted octanol–water partition coefficient (Wildman–Crippen LogP) is 1.64. The molecule has 1 saturated heterocycles. The monoisotopic (exact) mass is 238 g/mol. The summed E-state index contributed by atoms with van der Waals surface area (Å²) < 4.78 is 10.7. The van der Waals surface area contributed by atoms with E-state index < -0.39 is 0 Å². The van der Waals surface area contributed by atoms with Crippen LogP contribution in [0, 0.1) is 5.92 Å². The number of hydrogen-bond acceptors (Lipinski definition) is 4. The summed E-state index contributed by atoms with van der Waals surface area (Å²) in [5.41, 5.74) is 5.86. The van der Waals surface area contributed by atoms with E-state index in [0.29, 0.717) is 12.5 Å². The van der Waals surface area contributed by atoms with Gasteiger partial charge < -0.3 is 14.9 Å². The second-order valence-electron chi connectivity index (χ2n) is 4.70. The minimum atomic E-state index is 0.230. The van der Waals surface area contributed by atoms with Gasteiger partial charge in [0.15, 0.2) is 0 Å². The second kappa shape index (κ2) is 6.19. The maximum absolute atomic E-state index is 5.86. The summed E-state index contributed by atoms with van der Waals surface area (Å²) in [4.78, 5) is 2.42. The van der Waals surface area contributed by atoms with Gasteiger partial charge in [0.2, 0.25) is 0 Å². The summed E-state index contributed by atoms with van der Waals surface area (Å²) in [7, 11) is 1.78. The van der Waals surface area contributed by atoms with Crippen LogP contribution in [-0.4, -0.2) is 38.3 Å². The summed E-state index contributed by atoms with van der Waals surface area (Å²) in [5.74, 6) is 1.68. The van der Waals surface area contributed by atoms with Gasteiger partial charge in [-0.05, 0) is 44.0 Å². The van der Waals surface area contributed by atoms with Crippen LogP contribution in [0.4, 0.5) is 0 Å². The number of methoxy groups -OCH3 is 1. The van der Waals surface area contributed by atoms with Crippen molar-refractivity contribution in [3.8, 4) is 0 Å². The molecule has 96 valence electrons. The van der Waals surface area contributed by atoms with Gasteiger partial charge in [-0.15, -0.1) is 0 Å². The SMILES string of the molecule is COCC1CCN(C(CN)c2ccco2)CC1. The Kier molecular flexibility index (Phi) is 4.59. The van der Waals surface area contributed by atoms with E-state index in [-0.39, 0.29) is 6.04 Å². The molecule has 0 spiro atoms. The molecule has 4 nitrogen and oxygen atoms in total. The number of likely N-dealkylation sites (tertiary alicyclic amines) is 1. The number of rotatable bonds is 5. The Balaban J connectivity index is 1.90. The Labute approximate surface area is 103 Å². The van der Waals surface area contributed by atoms with Crippen LogP contribution in [0.1, 0.15) is 24.6 Å². The molecule has 2 N–H and O–H groups in total. The Morgan fingerprint density at radius 2 is 2.29 bits per heavy atom. The highest BCUT2D eigenvalue weighted by atomic mass is 16.5. The average Bonchev–Trinajstić information content (AvgIpc) is 2.86. The van der Waals surface area contributed by atoms with Gasteiger partial charge in [-0.1, -0.05) is 0 Å². The van der Waals surface area contributed by atoms with E-state index in [2.05, 4.69) is 4.90 Å². The van der Waals surface area contributed by atoms with E-state index >= 15 is 0 Å². The van der Waals surface area contributed by atoms with Gasteiger partial charge in [-0.3, -0.25) is 4.90 Å². The molecule has 1 aromatic heterocycles. The molecule has 1 fully saturated rings. The number of ether oxygens (including phenoxy) is 1. The third-order valence-electron chi connectivity index (χ3n) is 3.59. The summed E-state index contributed by atoms with van der Waals surface area (Å²) in [5, 5.41) is 0. The highest BCUT2D eigenvalue weighted by Crippen LogP contribution is 2.26. The smallest absolute Gasteiger partial charge is 0.122 e. The van der Waals surface area contributed by atoms with E-state index in [0.717, 1.165) is 25.5 Å². The molecule has 0 radical (unpaired) electrons. The standard InChI is InChI=1S/C13H22N2O2/c1-16-10-11-4-6-15(7-5-11)12(9-14)13-3-2-8-17-13/h2-3,8,11-12H,4-7,9-10,14H2,1H3. The molecule has 1 atom stereocenters. The highest BCUT2D eigenvalue weighted by Gasteiger charge is 2.26. The first kappa shape index (κ1) is 12.6. The lowest BCUT2D eigenvalue weighted by molar-refractivity contribution is 0.0755. The van der Waals surface area contributed by atoms with Gasteiger partial charge in [-0.2, -0.15) is 0 Å². The third-order valence-corrected chi connectivity index (χ3v) is 3.59. The molecule has 0 aliphatic carbocycles. The number of nitrogens with zero attached hydrogens (tertiary/aromatic N) is 1. The maximum Gasteiger partial charge on any atom is 0.122 e. The molecule has 2 rings (SSSR count). The van der Waals surface area contributed by atoms with Crippen molar-refractivity contribution in [2.24, 2.45) is 11.7 Å². The lowest BCUT2D eigenvalue weighted by Gasteiger charge is -2.36. The zero-order chi connectivity index (χ0) is 12.1. The molecule has 2 heterocycles. The zero-order valence-electron chi connectivity index (χ0n) is 10.5. The Morgan fingerprint density at radius 3 is 2.82 bits per heavy atom. The fraction of sp³-hybridized carbons (Fsp3) is 0.692. The third kappa shape index (κ3) is 3.09. The van der Waals surface area contributed by atoms with Crippen molar-refractivity contribution in [1.29, 1.82) is 0 Å². The Morgan fingerprint density at radius 1 is 1.53 bits per heavy atom. The van der Waals surface area contributed by atoms with Crippen molar-refractivity contribution < 1.29 is 9.15 Å². The van der Waals surface area contributed by atoms with Gasteiger partial charge in [0, 0.05) is 20.3 Å². The molecule has 1 aromatic rings. The van der Waals surface area contributed by atoms with E-state index in [1.165, 1.54) is 12.8 Å². The van der Waals surface area contributed by atoms with Gasteiger partial charge in [0.25, 0.3) is 0 Å². The number of piperidine rings is 1. The minimum absolute atomic E-state index is 0.230. The van der Waals surface area contributed by atoms with Crippen LogP contribution in [-0.2, 0) is 4.74 Å². The zero-order valence-corrected chi connectivity index (χ0v) is 10.5. The number of furan rings is 1. The lowest BCUT2D eigenvalue weighted by atomic mass is 9.96. The minimum Gasteiger partial charge on any atom is -0.468 e. The summed E-state index contributed by atoms with van der Waals surface area (Å²) in [6.07, 6.45) is 4.09. The van der Waals surface area contributed by atoms with Gasteiger partial charge >= 0.3 is 0 Å². The first-order valence-corrected chi connectivity index (χ1v) is 6.31. The molecule has 0 saturated carbocycles. The van der Waals surface area contributed by atoms with Crippen molar-refractivity contribution in [3.63, 3.8) is 0 Å². The van der Waals surface area contributed by atoms with Crippen molar-refractivity contribution in [1.82, 2.24) is 4.90 Å². The fourth-order valence-electron chi connectivity index (χ4n) is 2.59. The van der Waals surface area contributed by atoms with Crippen LogP contribution >= 0.6 is 0 Å². The van der Waals surface area contributed by atoms with Gasteiger partial charge in [0.05, 0.1) is 12.3 Å². The summed E-state index contributed by atoms with van der Waals surface area (Å²) in [6.45, 7) is 3.65. The fourth-order valence-corrected chi connectivity index (χ4v) is 2.59. The second-order valence-corrected chi connectivity index (χ2v) is 4.70. The molecule has 0 bridgehead atoms. The molecule has 1 aliphatic heterocycles. The Bertz CT molecular complexity index is 305. The van der Waals surface area contributed by atoms with E-state index in [9.17, 15) is 0 Å². The van der Waals surface area contributed by atoms with Crippen LogP contribution in [0.15, 0.2) is 22.8 Å². The van der Waals surface area contributed by atoms with Gasteiger partial charge in [-0.25, -0.2) is 0 Å². The number of nitrogens with two attached hydrogens (primary N) is 1. The molecular formula is C13H22N2O2. The molecule has 1 aliphatic rings. The predicted molar refractivity (Wildman–Crippen MR) is 66.7 cm³/mol. The van der Waals surface area contributed by atoms with Gasteiger partial charge in [0.1, 0.15) is 5.76 Å². The van der Waals surface area contributed by atoms with E-state index in [1.54, 1.807) is 13.4 Å². The first-order chi connectivity index (χ1) is 8.35. The quantitative estimate of drug-likeness (QED) is 0.847. The number of hydrogen-bond donors (Lipinski definition) is 1. The van der Waals surface area contributed by atoms with Crippen LogP contribution in [0.25, 0.3) is 0 Å². The van der Waals surface area contributed by atoms with E-state index in [1.807, 2.05) is 12.1 Å². The Hall–Kier alpha value is -0.840. The lowest BCUT2D eigenvalue weighted by Crippen LogP contribution is -2.40. The molecule has 0 amide bonds. The maximum atomic E-state index is 5.86. The molecule has 1 unspecified atom stereocenters. The highest BCUT2D eigenvalue weighted by molar-refractivity contribution is 5.05. The summed E-state index contributed by atoms with van der Waals surface area (Å²) in [6, 6.07) is 4.17. The largest absolute Gasteiger partial charge is 0.468 e. The van der Waals surface area contributed by atoms with Crippen molar-refractivity contribution in [3.05, 3.63) is 24.2 Å². The van der Waals surface area contributed by atoms with Crippen LogP contribution in [0.5, 0.6) is 0 Å². The average molecular weight is 238 g/mol. The van der Waals surface area contributed by atoms with Crippen molar-refractivity contribution in [2.75, 3.05) is 33.4 Å². The topological polar surface area (TPSA) is 51.6 Å². The molecule has 0 aromatic carbocycles. The van der Waals surface area contributed by atoms with Crippen molar-refractivity contribution >= 4 is 0 Å². The van der Waals surface area contributed by atoms with Crippen molar-refractivity contribution in [2.45, 2.75) is 18.9 Å². The van der Waals surface area contributed by atoms with Crippen LogP contribution in [0.3, 0.4) is 0 Å². The first-order valence-electron chi connectivity index (χ1n) is 6.31. The van der Waals surface area contributed by atoms with E-state index in [4.69, 9.17) is 14.9 Å². The van der Waals surface area contributed by atoms with Crippen LogP contribution < -0.4 is 5.73 Å².